The second kappa shape index (κ2) is 7.32. The monoisotopic (exact) mass is 250 g/mol. The molecule has 5 heteroatoms. The molecule has 1 aromatic carbocycles. The van der Waals surface area contributed by atoms with Crippen molar-refractivity contribution in [2.75, 3.05) is 18.5 Å². The molecule has 0 unspecified atom stereocenters. The topological polar surface area (TPSA) is 67.4 Å². The van der Waals surface area contributed by atoms with Gasteiger partial charge in [-0.05, 0) is 25.5 Å². The third kappa shape index (κ3) is 4.08. The van der Waals surface area contributed by atoms with Crippen LogP contribution in [0.3, 0.4) is 0 Å². The summed E-state index contributed by atoms with van der Waals surface area (Å²) in [6.07, 6.45) is 0.299. The maximum absolute atomic E-state index is 11.9. The number of benzene rings is 1. The SMILES string of the molecule is CCCNC(=O)c1ccccc1NC(=O)OCC. The first kappa shape index (κ1) is 14.0. The van der Waals surface area contributed by atoms with Crippen LogP contribution in [-0.4, -0.2) is 25.2 Å². The van der Waals surface area contributed by atoms with Gasteiger partial charge in [0.05, 0.1) is 17.9 Å². The zero-order chi connectivity index (χ0) is 13.4. The molecule has 0 aliphatic rings. The first-order chi connectivity index (χ1) is 8.69. The molecule has 0 atom stereocenters. The lowest BCUT2D eigenvalue weighted by Crippen LogP contribution is -2.25. The predicted molar refractivity (Wildman–Crippen MR) is 69.7 cm³/mol. The lowest BCUT2D eigenvalue weighted by Gasteiger charge is -2.10. The van der Waals surface area contributed by atoms with E-state index in [1.165, 1.54) is 0 Å². The standard InChI is InChI=1S/C13H18N2O3/c1-3-9-14-12(16)10-7-5-6-8-11(10)15-13(17)18-4-2/h5-8H,3-4,9H2,1-2H3,(H,14,16)(H,15,17). The minimum atomic E-state index is -0.562. The van der Waals surface area contributed by atoms with Crippen molar-refractivity contribution in [3.05, 3.63) is 29.8 Å². The number of hydrogen-bond donors (Lipinski definition) is 2. The molecule has 1 rings (SSSR count). The van der Waals surface area contributed by atoms with Crippen molar-refractivity contribution in [1.82, 2.24) is 5.32 Å². The molecule has 98 valence electrons. The van der Waals surface area contributed by atoms with E-state index in [-0.39, 0.29) is 12.5 Å². The van der Waals surface area contributed by atoms with Crippen molar-refractivity contribution >= 4 is 17.7 Å². The van der Waals surface area contributed by atoms with E-state index in [0.29, 0.717) is 17.8 Å². The lowest BCUT2D eigenvalue weighted by molar-refractivity contribution is 0.0954. The van der Waals surface area contributed by atoms with E-state index in [1.54, 1.807) is 31.2 Å². The minimum Gasteiger partial charge on any atom is -0.450 e. The molecule has 2 amide bonds. The van der Waals surface area contributed by atoms with Gasteiger partial charge in [-0.3, -0.25) is 10.1 Å². The van der Waals surface area contributed by atoms with Crippen LogP contribution in [0.1, 0.15) is 30.6 Å². The smallest absolute Gasteiger partial charge is 0.411 e. The van der Waals surface area contributed by atoms with Gasteiger partial charge in [-0.15, -0.1) is 0 Å². The van der Waals surface area contributed by atoms with Crippen LogP contribution in [0.15, 0.2) is 24.3 Å². The summed E-state index contributed by atoms with van der Waals surface area (Å²) in [5.41, 5.74) is 0.878. The van der Waals surface area contributed by atoms with E-state index in [9.17, 15) is 9.59 Å². The average Bonchev–Trinajstić information content (AvgIpc) is 2.37. The molecule has 0 aliphatic carbocycles. The maximum Gasteiger partial charge on any atom is 0.411 e. The van der Waals surface area contributed by atoms with Gasteiger partial charge >= 0.3 is 6.09 Å². The van der Waals surface area contributed by atoms with Crippen LogP contribution >= 0.6 is 0 Å². The van der Waals surface area contributed by atoms with Gasteiger partial charge in [0.1, 0.15) is 0 Å². The Morgan fingerprint density at radius 2 is 1.94 bits per heavy atom. The third-order valence-corrected chi connectivity index (χ3v) is 2.22. The van der Waals surface area contributed by atoms with Crippen LogP contribution in [0.5, 0.6) is 0 Å². The Morgan fingerprint density at radius 1 is 1.22 bits per heavy atom. The average molecular weight is 250 g/mol. The molecule has 0 saturated carbocycles. The third-order valence-electron chi connectivity index (χ3n) is 2.22. The highest BCUT2D eigenvalue weighted by Gasteiger charge is 2.12. The zero-order valence-electron chi connectivity index (χ0n) is 10.7. The van der Waals surface area contributed by atoms with E-state index in [2.05, 4.69) is 10.6 Å². The van der Waals surface area contributed by atoms with Crippen LogP contribution < -0.4 is 10.6 Å². The number of anilines is 1. The maximum atomic E-state index is 11.9. The molecule has 2 N–H and O–H groups in total. The van der Waals surface area contributed by atoms with Gasteiger partial charge in [0, 0.05) is 6.54 Å². The summed E-state index contributed by atoms with van der Waals surface area (Å²) in [7, 11) is 0. The molecule has 0 saturated heterocycles. The first-order valence-corrected chi connectivity index (χ1v) is 6.00. The van der Waals surface area contributed by atoms with E-state index in [4.69, 9.17) is 4.74 Å². The van der Waals surface area contributed by atoms with Gasteiger partial charge in [-0.25, -0.2) is 4.79 Å². The molecule has 5 nitrogen and oxygen atoms in total. The van der Waals surface area contributed by atoms with Crippen LogP contribution in [0.25, 0.3) is 0 Å². The molecule has 0 aliphatic heterocycles. The number of carbonyl (C=O) groups excluding carboxylic acids is 2. The van der Waals surface area contributed by atoms with Crippen LogP contribution in [-0.2, 0) is 4.74 Å². The Morgan fingerprint density at radius 3 is 2.61 bits per heavy atom. The Hall–Kier alpha value is -2.04. The number of hydrogen-bond acceptors (Lipinski definition) is 3. The highest BCUT2D eigenvalue weighted by Crippen LogP contribution is 2.15. The summed E-state index contributed by atoms with van der Waals surface area (Å²) in [5.74, 6) is -0.204. The molecule has 0 bridgehead atoms. The van der Waals surface area contributed by atoms with Crippen molar-refractivity contribution in [3.8, 4) is 0 Å². The van der Waals surface area contributed by atoms with Gasteiger partial charge < -0.3 is 10.1 Å². The second-order valence-corrected chi connectivity index (χ2v) is 3.65. The summed E-state index contributed by atoms with van der Waals surface area (Å²) in [6.45, 7) is 4.59. The highest BCUT2D eigenvalue weighted by molar-refractivity contribution is 6.02. The Bertz CT molecular complexity index is 418. The van der Waals surface area contributed by atoms with E-state index < -0.39 is 6.09 Å². The van der Waals surface area contributed by atoms with E-state index >= 15 is 0 Å². The normalized spacial score (nSPS) is 9.67. The van der Waals surface area contributed by atoms with Crippen LogP contribution in [0, 0.1) is 0 Å². The van der Waals surface area contributed by atoms with Crippen molar-refractivity contribution in [2.45, 2.75) is 20.3 Å². The number of ether oxygens (including phenoxy) is 1. The van der Waals surface area contributed by atoms with E-state index in [1.807, 2.05) is 6.92 Å². The number of amides is 2. The zero-order valence-corrected chi connectivity index (χ0v) is 10.7. The predicted octanol–water partition coefficient (Wildman–Crippen LogP) is 2.39. The van der Waals surface area contributed by atoms with Crippen LogP contribution in [0.2, 0.25) is 0 Å². The van der Waals surface area contributed by atoms with Crippen molar-refractivity contribution < 1.29 is 14.3 Å². The first-order valence-electron chi connectivity index (χ1n) is 6.00. The Labute approximate surface area is 107 Å². The van der Waals surface area contributed by atoms with Crippen molar-refractivity contribution in [2.24, 2.45) is 0 Å². The van der Waals surface area contributed by atoms with Gasteiger partial charge in [0.15, 0.2) is 0 Å². The van der Waals surface area contributed by atoms with Gasteiger partial charge in [0.2, 0.25) is 0 Å². The summed E-state index contributed by atoms with van der Waals surface area (Å²) >= 11 is 0. The molecule has 0 heterocycles. The summed E-state index contributed by atoms with van der Waals surface area (Å²) in [4.78, 5) is 23.2. The fourth-order valence-corrected chi connectivity index (χ4v) is 1.40. The molecular weight excluding hydrogens is 232 g/mol. The Balaban J connectivity index is 2.79. The fourth-order valence-electron chi connectivity index (χ4n) is 1.40. The largest absolute Gasteiger partial charge is 0.450 e. The van der Waals surface area contributed by atoms with Crippen molar-refractivity contribution in [3.63, 3.8) is 0 Å². The number of rotatable bonds is 5. The number of para-hydroxylation sites is 1. The molecule has 18 heavy (non-hydrogen) atoms. The molecule has 0 aromatic heterocycles. The number of carbonyl (C=O) groups is 2. The summed E-state index contributed by atoms with van der Waals surface area (Å²) in [5, 5.41) is 5.31. The lowest BCUT2D eigenvalue weighted by atomic mass is 10.1. The quantitative estimate of drug-likeness (QED) is 0.843. The summed E-state index contributed by atoms with van der Waals surface area (Å²) in [6, 6.07) is 6.82. The molecule has 0 radical (unpaired) electrons. The van der Waals surface area contributed by atoms with Gasteiger partial charge in [0.25, 0.3) is 5.91 Å². The highest BCUT2D eigenvalue weighted by atomic mass is 16.5. The molecule has 0 fully saturated rings. The van der Waals surface area contributed by atoms with Crippen molar-refractivity contribution in [1.29, 1.82) is 0 Å². The minimum absolute atomic E-state index is 0.204. The fraction of sp³-hybridized carbons (Fsp3) is 0.385. The molecule has 0 spiro atoms. The molecule has 1 aromatic rings. The van der Waals surface area contributed by atoms with Crippen LogP contribution in [0.4, 0.5) is 10.5 Å². The molecular formula is C13H18N2O3. The summed E-state index contributed by atoms with van der Waals surface area (Å²) < 4.78 is 4.78. The second-order valence-electron chi connectivity index (χ2n) is 3.65. The van der Waals surface area contributed by atoms with Gasteiger partial charge in [-0.1, -0.05) is 19.1 Å². The van der Waals surface area contributed by atoms with E-state index in [0.717, 1.165) is 6.42 Å². The Kier molecular flexibility index (Phi) is 5.70. The number of nitrogens with one attached hydrogen (secondary N) is 2. The van der Waals surface area contributed by atoms with Gasteiger partial charge in [-0.2, -0.15) is 0 Å².